The molecule has 144 valence electrons. The van der Waals surface area contributed by atoms with Crippen molar-refractivity contribution in [3.63, 3.8) is 0 Å². The fraction of sp³-hybridized carbons (Fsp3) is 0.208. The summed E-state index contributed by atoms with van der Waals surface area (Å²) in [5.74, 6) is 0.662. The maximum absolute atomic E-state index is 12.4. The first-order valence-corrected chi connectivity index (χ1v) is 9.52. The van der Waals surface area contributed by atoms with Gasteiger partial charge in [0.1, 0.15) is 18.9 Å². The van der Waals surface area contributed by atoms with Crippen molar-refractivity contribution >= 4 is 5.91 Å². The van der Waals surface area contributed by atoms with Crippen molar-refractivity contribution in [2.75, 3.05) is 14.1 Å². The summed E-state index contributed by atoms with van der Waals surface area (Å²) in [5, 5.41) is 2.97. The number of quaternary nitrogens is 1. The lowest BCUT2D eigenvalue weighted by Gasteiger charge is -2.10. The molecule has 4 heteroatoms. The van der Waals surface area contributed by atoms with Crippen LogP contribution in [-0.4, -0.2) is 20.0 Å². The van der Waals surface area contributed by atoms with E-state index >= 15 is 0 Å². The van der Waals surface area contributed by atoms with Crippen molar-refractivity contribution in [2.45, 2.75) is 19.7 Å². The first kappa shape index (κ1) is 19.6. The predicted octanol–water partition coefficient (Wildman–Crippen LogP) is 2.84. The second-order valence-corrected chi connectivity index (χ2v) is 7.18. The number of carbonyl (C=O) groups is 1. The molecule has 0 unspecified atom stereocenters. The largest absolute Gasteiger partial charge is 0.489 e. The minimum absolute atomic E-state index is 0.0866. The van der Waals surface area contributed by atoms with Crippen LogP contribution in [0.15, 0.2) is 78.9 Å². The molecule has 0 spiro atoms. The molecule has 28 heavy (non-hydrogen) atoms. The van der Waals surface area contributed by atoms with E-state index in [-0.39, 0.29) is 5.91 Å². The standard InChI is InChI=1S/C24H26N2O2/c1-26(2)17-20-10-8-19(9-11-20)16-25-24(27)22-12-14-23(15-13-22)28-18-21-6-4-3-5-7-21/h3-15H,16-18H2,1-2H3,(H,25,27)/p+1. The van der Waals surface area contributed by atoms with Gasteiger partial charge in [-0.3, -0.25) is 4.79 Å². The summed E-state index contributed by atoms with van der Waals surface area (Å²) in [6, 6.07) is 25.6. The zero-order chi connectivity index (χ0) is 19.8. The summed E-state index contributed by atoms with van der Waals surface area (Å²) >= 11 is 0. The molecule has 0 aliphatic carbocycles. The molecule has 0 saturated carbocycles. The number of nitrogens with one attached hydrogen (secondary N) is 2. The lowest BCUT2D eigenvalue weighted by Crippen LogP contribution is -3.04. The molecule has 4 nitrogen and oxygen atoms in total. The normalized spacial score (nSPS) is 10.7. The number of amides is 1. The van der Waals surface area contributed by atoms with Gasteiger partial charge in [0, 0.05) is 17.7 Å². The van der Waals surface area contributed by atoms with Gasteiger partial charge < -0.3 is 15.0 Å². The van der Waals surface area contributed by atoms with E-state index in [0.717, 1.165) is 23.4 Å². The maximum atomic E-state index is 12.4. The van der Waals surface area contributed by atoms with Crippen molar-refractivity contribution in [1.29, 1.82) is 0 Å². The second-order valence-electron chi connectivity index (χ2n) is 7.18. The van der Waals surface area contributed by atoms with Crippen LogP contribution in [0, 0.1) is 0 Å². The summed E-state index contributed by atoms with van der Waals surface area (Å²) in [4.78, 5) is 13.8. The van der Waals surface area contributed by atoms with Crippen molar-refractivity contribution in [3.8, 4) is 5.75 Å². The minimum Gasteiger partial charge on any atom is -0.489 e. The average Bonchev–Trinajstić information content (AvgIpc) is 2.72. The molecule has 3 rings (SSSR count). The first-order valence-electron chi connectivity index (χ1n) is 9.52. The highest BCUT2D eigenvalue weighted by molar-refractivity contribution is 5.94. The van der Waals surface area contributed by atoms with Crippen LogP contribution in [0.25, 0.3) is 0 Å². The number of rotatable bonds is 8. The molecular weight excluding hydrogens is 348 g/mol. The highest BCUT2D eigenvalue weighted by atomic mass is 16.5. The van der Waals surface area contributed by atoms with Crippen LogP contribution in [0.1, 0.15) is 27.0 Å². The van der Waals surface area contributed by atoms with Gasteiger partial charge in [0.05, 0.1) is 14.1 Å². The summed E-state index contributed by atoms with van der Waals surface area (Å²) in [6.45, 7) is 2.02. The summed E-state index contributed by atoms with van der Waals surface area (Å²) in [7, 11) is 4.26. The maximum Gasteiger partial charge on any atom is 0.251 e. The van der Waals surface area contributed by atoms with Crippen LogP contribution in [0.5, 0.6) is 5.75 Å². The van der Waals surface area contributed by atoms with E-state index in [1.54, 1.807) is 12.1 Å². The number of hydrogen-bond donors (Lipinski definition) is 2. The Labute approximate surface area is 166 Å². The Balaban J connectivity index is 1.49. The molecule has 3 aromatic rings. The molecule has 0 aliphatic heterocycles. The van der Waals surface area contributed by atoms with E-state index in [2.05, 4.69) is 43.7 Å². The van der Waals surface area contributed by atoms with Gasteiger partial charge in [0.2, 0.25) is 0 Å². The van der Waals surface area contributed by atoms with Crippen molar-refractivity contribution < 1.29 is 14.4 Å². The quantitative estimate of drug-likeness (QED) is 0.636. The van der Waals surface area contributed by atoms with Gasteiger partial charge in [-0.15, -0.1) is 0 Å². The van der Waals surface area contributed by atoms with E-state index in [9.17, 15) is 4.79 Å². The zero-order valence-electron chi connectivity index (χ0n) is 16.4. The monoisotopic (exact) mass is 375 g/mol. The van der Waals surface area contributed by atoms with Gasteiger partial charge >= 0.3 is 0 Å². The molecule has 1 amide bonds. The zero-order valence-corrected chi connectivity index (χ0v) is 16.4. The Hall–Kier alpha value is -3.11. The van der Waals surface area contributed by atoms with Gasteiger partial charge in [-0.2, -0.15) is 0 Å². The Morgan fingerprint density at radius 1 is 0.821 bits per heavy atom. The van der Waals surface area contributed by atoms with Crippen molar-refractivity contribution in [3.05, 3.63) is 101 Å². The summed E-state index contributed by atoms with van der Waals surface area (Å²) < 4.78 is 5.76. The molecule has 3 aromatic carbocycles. The van der Waals surface area contributed by atoms with Crippen LogP contribution >= 0.6 is 0 Å². The number of carbonyl (C=O) groups excluding carboxylic acids is 1. The predicted molar refractivity (Wildman–Crippen MR) is 111 cm³/mol. The minimum atomic E-state index is -0.0866. The first-order chi connectivity index (χ1) is 13.6. The topological polar surface area (TPSA) is 42.8 Å². The molecule has 0 atom stereocenters. The van der Waals surface area contributed by atoms with Crippen LogP contribution < -0.4 is 15.0 Å². The molecule has 0 heterocycles. The van der Waals surface area contributed by atoms with E-state index in [0.29, 0.717) is 18.7 Å². The molecule has 0 radical (unpaired) electrons. The second kappa shape index (κ2) is 9.72. The highest BCUT2D eigenvalue weighted by Crippen LogP contribution is 2.14. The van der Waals surface area contributed by atoms with Crippen LogP contribution in [-0.2, 0) is 19.7 Å². The van der Waals surface area contributed by atoms with E-state index in [1.807, 2.05) is 42.5 Å². The van der Waals surface area contributed by atoms with Crippen LogP contribution in [0.4, 0.5) is 0 Å². The molecule has 0 fully saturated rings. The smallest absolute Gasteiger partial charge is 0.251 e. The third kappa shape index (κ3) is 5.96. The fourth-order valence-electron chi connectivity index (χ4n) is 2.91. The molecule has 0 aromatic heterocycles. The third-order valence-electron chi connectivity index (χ3n) is 4.40. The molecule has 0 saturated heterocycles. The number of ether oxygens (including phenoxy) is 1. The molecule has 0 bridgehead atoms. The Morgan fingerprint density at radius 2 is 1.46 bits per heavy atom. The van der Waals surface area contributed by atoms with E-state index in [1.165, 1.54) is 10.5 Å². The fourth-order valence-corrected chi connectivity index (χ4v) is 2.91. The van der Waals surface area contributed by atoms with Gasteiger partial charge in [0.25, 0.3) is 5.91 Å². The molecule has 0 aliphatic rings. The van der Waals surface area contributed by atoms with Gasteiger partial charge in [0.15, 0.2) is 0 Å². The lowest BCUT2D eigenvalue weighted by atomic mass is 10.1. The van der Waals surface area contributed by atoms with Crippen LogP contribution in [0.2, 0.25) is 0 Å². The van der Waals surface area contributed by atoms with Crippen molar-refractivity contribution in [2.24, 2.45) is 0 Å². The van der Waals surface area contributed by atoms with Gasteiger partial charge in [-0.1, -0.05) is 54.6 Å². The van der Waals surface area contributed by atoms with Gasteiger partial charge in [-0.25, -0.2) is 0 Å². The third-order valence-corrected chi connectivity index (χ3v) is 4.40. The van der Waals surface area contributed by atoms with Crippen LogP contribution in [0.3, 0.4) is 0 Å². The number of hydrogen-bond acceptors (Lipinski definition) is 2. The Morgan fingerprint density at radius 3 is 2.11 bits per heavy atom. The Kier molecular flexibility index (Phi) is 6.82. The average molecular weight is 375 g/mol. The molecule has 2 N–H and O–H groups in total. The van der Waals surface area contributed by atoms with Crippen molar-refractivity contribution in [1.82, 2.24) is 5.32 Å². The van der Waals surface area contributed by atoms with E-state index < -0.39 is 0 Å². The molecular formula is C24H27N2O2+. The SMILES string of the molecule is C[NH+](C)Cc1ccc(CNC(=O)c2ccc(OCc3ccccc3)cc2)cc1. The lowest BCUT2D eigenvalue weighted by molar-refractivity contribution is -0.872. The summed E-state index contributed by atoms with van der Waals surface area (Å²) in [5.41, 5.74) is 4.12. The Bertz CT molecular complexity index is 873. The summed E-state index contributed by atoms with van der Waals surface area (Å²) in [6.07, 6.45) is 0. The highest BCUT2D eigenvalue weighted by Gasteiger charge is 2.06. The van der Waals surface area contributed by atoms with E-state index in [4.69, 9.17) is 4.74 Å². The van der Waals surface area contributed by atoms with Gasteiger partial charge in [-0.05, 0) is 35.4 Å². The number of benzene rings is 3.